The minimum atomic E-state index is -0.0180. The van der Waals surface area contributed by atoms with Gasteiger partial charge in [-0.25, -0.2) is 4.98 Å². The lowest BCUT2D eigenvalue weighted by Crippen LogP contribution is -2.47. The number of hydrogen-bond donors (Lipinski definition) is 1. The Hall–Kier alpha value is -3.05. The number of carbonyl (C=O) groups excluding carboxylic acids is 1. The number of anilines is 2. The van der Waals surface area contributed by atoms with E-state index >= 15 is 0 Å². The molecule has 154 valence electrons. The first-order valence-corrected chi connectivity index (χ1v) is 10.6. The van der Waals surface area contributed by atoms with Crippen molar-refractivity contribution in [2.45, 2.75) is 19.4 Å². The summed E-state index contributed by atoms with van der Waals surface area (Å²) >= 11 is 5.93. The predicted octanol–water partition coefficient (Wildman–Crippen LogP) is 4.69. The van der Waals surface area contributed by atoms with Crippen LogP contribution < -0.4 is 15.3 Å². The van der Waals surface area contributed by atoms with E-state index in [1.807, 2.05) is 65.7 Å². The maximum atomic E-state index is 13.1. The van der Waals surface area contributed by atoms with Gasteiger partial charge in [-0.15, -0.1) is 0 Å². The van der Waals surface area contributed by atoms with E-state index in [1.54, 1.807) is 6.20 Å². The molecule has 6 heteroatoms. The smallest absolute Gasteiger partial charge is 0.241 e. The normalized spacial score (nSPS) is 14.4. The second-order valence-electron chi connectivity index (χ2n) is 7.48. The van der Waals surface area contributed by atoms with Crippen LogP contribution in [0.3, 0.4) is 0 Å². The average Bonchev–Trinajstić information content (AvgIpc) is 2.80. The highest BCUT2D eigenvalue weighted by Gasteiger charge is 2.27. The Bertz CT molecular complexity index is 942. The van der Waals surface area contributed by atoms with Crippen LogP contribution in [0.5, 0.6) is 0 Å². The number of piperidine rings is 1. The van der Waals surface area contributed by atoms with Crippen LogP contribution in [-0.2, 0) is 11.3 Å². The molecule has 30 heavy (non-hydrogen) atoms. The maximum Gasteiger partial charge on any atom is 0.241 e. The highest BCUT2D eigenvalue weighted by Crippen LogP contribution is 2.23. The minimum absolute atomic E-state index is 0.0180. The first kappa shape index (κ1) is 20.2. The summed E-state index contributed by atoms with van der Waals surface area (Å²) in [6.45, 7) is 2.22. The number of amides is 1. The SMILES string of the molecule is O=C(NN(Cc1ccccc1)c1ccccc1)C1CCN(c2ccc(Cl)cn2)CC1. The molecule has 0 spiro atoms. The van der Waals surface area contributed by atoms with Crippen LogP contribution in [0.2, 0.25) is 5.02 Å². The van der Waals surface area contributed by atoms with Gasteiger partial charge in [-0.2, -0.15) is 0 Å². The van der Waals surface area contributed by atoms with Crippen LogP contribution in [-0.4, -0.2) is 24.0 Å². The third kappa shape index (κ3) is 5.10. The van der Waals surface area contributed by atoms with Gasteiger partial charge in [0, 0.05) is 25.2 Å². The van der Waals surface area contributed by atoms with Crippen molar-refractivity contribution in [3.8, 4) is 0 Å². The van der Waals surface area contributed by atoms with E-state index < -0.39 is 0 Å². The Morgan fingerprint density at radius 3 is 2.30 bits per heavy atom. The van der Waals surface area contributed by atoms with Crippen molar-refractivity contribution >= 4 is 29.0 Å². The summed E-state index contributed by atoms with van der Waals surface area (Å²) in [5.41, 5.74) is 5.27. The van der Waals surface area contributed by atoms with Crippen molar-refractivity contribution in [3.63, 3.8) is 0 Å². The molecule has 4 rings (SSSR count). The van der Waals surface area contributed by atoms with Gasteiger partial charge in [0.1, 0.15) is 5.82 Å². The van der Waals surface area contributed by atoms with Crippen molar-refractivity contribution in [2.24, 2.45) is 5.92 Å². The molecule has 1 aromatic heterocycles. The number of nitrogens with zero attached hydrogens (tertiary/aromatic N) is 3. The molecule has 0 radical (unpaired) electrons. The quantitative estimate of drug-likeness (QED) is 0.588. The fourth-order valence-corrected chi connectivity index (χ4v) is 3.83. The predicted molar refractivity (Wildman–Crippen MR) is 121 cm³/mol. The van der Waals surface area contributed by atoms with E-state index in [0.29, 0.717) is 11.6 Å². The molecule has 1 aliphatic rings. The van der Waals surface area contributed by atoms with E-state index in [0.717, 1.165) is 43.0 Å². The number of nitrogens with one attached hydrogen (secondary N) is 1. The van der Waals surface area contributed by atoms with Gasteiger partial charge >= 0.3 is 0 Å². The average molecular weight is 421 g/mol. The Morgan fingerprint density at radius 1 is 1.00 bits per heavy atom. The van der Waals surface area contributed by atoms with Gasteiger partial charge in [0.05, 0.1) is 17.3 Å². The zero-order chi connectivity index (χ0) is 20.8. The Balaban J connectivity index is 1.39. The Labute approximate surface area is 182 Å². The molecule has 1 saturated heterocycles. The third-order valence-corrected chi connectivity index (χ3v) is 5.62. The lowest BCUT2D eigenvalue weighted by atomic mass is 9.96. The molecule has 5 nitrogen and oxygen atoms in total. The number of hydrogen-bond acceptors (Lipinski definition) is 4. The molecule has 0 saturated carbocycles. The van der Waals surface area contributed by atoms with Crippen LogP contribution in [0.4, 0.5) is 11.5 Å². The number of hydrazine groups is 1. The van der Waals surface area contributed by atoms with Crippen LogP contribution in [0.15, 0.2) is 79.0 Å². The molecule has 1 amide bonds. The number of pyridine rings is 1. The zero-order valence-corrected chi connectivity index (χ0v) is 17.5. The summed E-state index contributed by atoms with van der Waals surface area (Å²) in [4.78, 5) is 19.7. The highest BCUT2D eigenvalue weighted by molar-refractivity contribution is 6.30. The fourth-order valence-electron chi connectivity index (χ4n) is 3.72. The molecule has 1 aliphatic heterocycles. The molecule has 1 N–H and O–H groups in total. The molecule has 2 aromatic carbocycles. The lowest BCUT2D eigenvalue weighted by molar-refractivity contribution is -0.125. The zero-order valence-electron chi connectivity index (χ0n) is 16.7. The molecule has 2 heterocycles. The first-order chi connectivity index (χ1) is 14.7. The number of benzene rings is 2. The van der Waals surface area contributed by atoms with Gasteiger partial charge in [0.25, 0.3) is 0 Å². The van der Waals surface area contributed by atoms with Crippen molar-refractivity contribution in [3.05, 3.63) is 89.6 Å². The summed E-state index contributed by atoms with van der Waals surface area (Å²) < 4.78 is 0. The van der Waals surface area contributed by atoms with Gasteiger partial charge in [-0.3, -0.25) is 15.2 Å². The summed E-state index contributed by atoms with van der Waals surface area (Å²) in [6.07, 6.45) is 3.26. The van der Waals surface area contributed by atoms with Gasteiger partial charge in [0.15, 0.2) is 0 Å². The Morgan fingerprint density at radius 2 is 1.67 bits per heavy atom. The van der Waals surface area contributed by atoms with Gasteiger partial charge in [0.2, 0.25) is 5.91 Å². The van der Waals surface area contributed by atoms with E-state index in [1.165, 1.54) is 0 Å². The third-order valence-electron chi connectivity index (χ3n) is 5.40. The molecule has 0 unspecified atom stereocenters. The van der Waals surface area contributed by atoms with Crippen molar-refractivity contribution in [1.29, 1.82) is 0 Å². The Kier molecular flexibility index (Phi) is 6.50. The van der Waals surface area contributed by atoms with Crippen molar-refractivity contribution in [2.75, 3.05) is 23.0 Å². The summed E-state index contributed by atoms with van der Waals surface area (Å²) in [7, 11) is 0. The van der Waals surface area contributed by atoms with Crippen LogP contribution in [0, 0.1) is 5.92 Å². The molecular weight excluding hydrogens is 396 g/mol. The van der Waals surface area contributed by atoms with Gasteiger partial charge in [-0.1, -0.05) is 60.1 Å². The molecule has 0 aliphatic carbocycles. The molecule has 0 bridgehead atoms. The summed E-state index contributed by atoms with van der Waals surface area (Å²) in [6, 6.07) is 23.9. The molecule has 0 atom stereocenters. The summed E-state index contributed by atoms with van der Waals surface area (Å²) in [5, 5.41) is 2.57. The topological polar surface area (TPSA) is 48.5 Å². The number of rotatable bonds is 6. The second kappa shape index (κ2) is 9.63. The van der Waals surface area contributed by atoms with Gasteiger partial charge in [-0.05, 0) is 42.7 Å². The fraction of sp³-hybridized carbons (Fsp3) is 0.250. The van der Waals surface area contributed by atoms with Crippen molar-refractivity contribution < 1.29 is 4.79 Å². The summed E-state index contributed by atoms with van der Waals surface area (Å²) in [5.74, 6) is 0.960. The first-order valence-electron chi connectivity index (χ1n) is 10.2. The second-order valence-corrected chi connectivity index (χ2v) is 7.92. The lowest BCUT2D eigenvalue weighted by Gasteiger charge is -2.34. The van der Waals surface area contributed by atoms with Crippen LogP contribution >= 0.6 is 11.6 Å². The monoisotopic (exact) mass is 420 g/mol. The number of aromatic nitrogens is 1. The molecule has 1 fully saturated rings. The highest BCUT2D eigenvalue weighted by atomic mass is 35.5. The van der Waals surface area contributed by atoms with Crippen LogP contribution in [0.25, 0.3) is 0 Å². The number of carbonyl (C=O) groups is 1. The largest absolute Gasteiger partial charge is 0.357 e. The standard InChI is InChI=1S/C24H25ClN4O/c25-21-11-12-23(26-17-21)28-15-13-20(14-16-28)24(30)27-29(22-9-5-2-6-10-22)18-19-7-3-1-4-8-19/h1-12,17,20H,13-16,18H2,(H,27,30). The van der Waals surface area contributed by atoms with E-state index in [4.69, 9.17) is 11.6 Å². The minimum Gasteiger partial charge on any atom is -0.357 e. The molecule has 3 aromatic rings. The number of halogens is 1. The maximum absolute atomic E-state index is 13.1. The van der Waals surface area contributed by atoms with Crippen LogP contribution in [0.1, 0.15) is 18.4 Å². The number of para-hydroxylation sites is 1. The van der Waals surface area contributed by atoms with E-state index in [-0.39, 0.29) is 11.8 Å². The van der Waals surface area contributed by atoms with E-state index in [2.05, 4.69) is 27.4 Å². The molecular formula is C24H25ClN4O. The van der Waals surface area contributed by atoms with E-state index in [9.17, 15) is 4.79 Å². The van der Waals surface area contributed by atoms with Gasteiger partial charge < -0.3 is 4.90 Å². The van der Waals surface area contributed by atoms with Crippen molar-refractivity contribution in [1.82, 2.24) is 10.4 Å².